The minimum atomic E-state index is -3.26. The first-order valence-corrected chi connectivity index (χ1v) is 14.0. The lowest BCUT2D eigenvalue weighted by atomic mass is 9.91. The summed E-state index contributed by atoms with van der Waals surface area (Å²) in [5, 5.41) is 15.5. The van der Waals surface area contributed by atoms with Crippen molar-refractivity contribution in [3.8, 4) is 28.5 Å². The number of Topliss-reactive ketones (excluding diaryl/α,β-unsaturated/α-hetero) is 1. The van der Waals surface area contributed by atoms with Crippen molar-refractivity contribution in [1.82, 2.24) is 9.78 Å². The lowest BCUT2D eigenvalue weighted by Crippen LogP contribution is -2.32. The molecule has 43 heavy (non-hydrogen) atoms. The van der Waals surface area contributed by atoms with Crippen LogP contribution < -0.4 is 19.8 Å². The van der Waals surface area contributed by atoms with Crippen LogP contribution in [0.5, 0.6) is 17.2 Å². The third kappa shape index (κ3) is 5.11. The van der Waals surface area contributed by atoms with Crippen molar-refractivity contribution in [3.63, 3.8) is 0 Å². The van der Waals surface area contributed by atoms with Crippen LogP contribution in [0.2, 0.25) is 5.02 Å². The lowest BCUT2D eigenvalue weighted by molar-refractivity contribution is -0.338. The molecule has 1 fully saturated rings. The molecular formula is C33H24ClFN2O6. The Morgan fingerprint density at radius 1 is 0.953 bits per heavy atom. The summed E-state index contributed by atoms with van der Waals surface area (Å²) in [7, 11) is 0. The molecule has 1 aliphatic heterocycles. The summed E-state index contributed by atoms with van der Waals surface area (Å²) >= 11 is 6.29. The summed E-state index contributed by atoms with van der Waals surface area (Å²) in [6.07, 6.45) is -2.19. The number of carbonyl (C=O) groups excluding carboxylic acids is 1. The SMILES string of the molecule is O=C(Cn1nc(-c2cccc(Cl)c2)c2ccc(OCc3ccccc3)cc2c1=O)C1(c2ccc3c(c2)OC(O)(F)O3)CC1. The number of aliphatic hydroxyl groups is 1. The van der Waals surface area contributed by atoms with Gasteiger partial charge in [0, 0.05) is 16.0 Å². The Balaban J connectivity index is 1.26. The number of ether oxygens (including phenoxy) is 3. The second kappa shape index (κ2) is 10.2. The topological polar surface area (TPSA) is 99.9 Å². The third-order valence-electron chi connectivity index (χ3n) is 7.82. The van der Waals surface area contributed by atoms with Crippen LogP contribution in [0, 0.1) is 0 Å². The second-order valence-electron chi connectivity index (χ2n) is 10.7. The van der Waals surface area contributed by atoms with Crippen molar-refractivity contribution < 1.29 is 28.5 Å². The van der Waals surface area contributed by atoms with Crippen LogP contribution in [0.25, 0.3) is 22.0 Å². The minimum absolute atomic E-state index is 0.00570. The monoisotopic (exact) mass is 598 g/mol. The molecule has 1 unspecified atom stereocenters. The van der Waals surface area contributed by atoms with Gasteiger partial charge in [-0.05, 0) is 66.4 Å². The van der Waals surface area contributed by atoms with E-state index in [0.717, 1.165) is 5.56 Å². The quantitative estimate of drug-likeness (QED) is 0.236. The highest BCUT2D eigenvalue weighted by Gasteiger charge is 2.52. The number of rotatable bonds is 8. The third-order valence-corrected chi connectivity index (χ3v) is 8.06. The van der Waals surface area contributed by atoms with Crippen molar-refractivity contribution in [1.29, 1.82) is 0 Å². The molecule has 0 saturated heterocycles. The normalized spacial score (nSPS) is 18.0. The predicted molar refractivity (Wildman–Crippen MR) is 157 cm³/mol. The van der Waals surface area contributed by atoms with Gasteiger partial charge < -0.3 is 14.2 Å². The number of ketones is 1. The van der Waals surface area contributed by atoms with Crippen LogP contribution in [0.3, 0.4) is 0 Å². The predicted octanol–water partition coefficient (Wildman–Crippen LogP) is 5.94. The average molecular weight is 599 g/mol. The largest absolute Gasteiger partial charge is 0.545 e. The molecule has 0 spiro atoms. The number of hydrogen-bond donors (Lipinski definition) is 1. The number of halogens is 2. The Hall–Kier alpha value is -4.73. The number of benzene rings is 4. The number of nitrogens with zero attached hydrogens (tertiary/aromatic N) is 2. The van der Waals surface area contributed by atoms with Gasteiger partial charge in [-0.1, -0.05) is 60.1 Å². The first-order chi connectivity index (χ1) is 20.7. The molecule has 216 valence electrons. The molecule has 0 amide bonds. The van der Waals surface area contributed by atoms with Crippen molar-refractivity contribution >= 4 is 28.2 Å². The molecule has 10 heteroatoms. The lowest BCUT2D eigenvalue weighted by Gasteiger charge is -2.17. The molecule has 0 radical (unpaired) electrons. The van der Waals surface area contributed by atoms with Crippen molar-refractivity contribution in [2.24, 2.45) is 0 Å². The van der Waals surface area contributed by atoms with Gasteiger partial charge in [0.2, 0.25) is 0 Å². The number of hydrogen-bond acceptors (Lipinski definition) is 7. The maximum atomic E-state index is 13.8. The summed E-state index contributed by atoms with van der Waals surface area (Å²) in [5.41, 5.74) is 1.40. The maximum absolute atomic E-state index is 13.8. The molecule has 1 saturated carbocycles. The van der Waals surface area contributed by atoms with E-state index in [2.05, 4.69) is 5.10 Å². The van der Waals surface area contributed by atoms with Crippen LogP contribution in [-0.4, -0.2) is 26.9 Å². The number of fused-ring (bicyclic) bond motifs is 2. The second-order valence-corrected chi connectivity index (χ2v) is 11.1. The Bertz CT molecular complexity index is 1960. The fraction of sp³-hybridized carbons (Fsp3) is 0.182. The molecular weight excluding hydrogens is 575 g/mol. The first-order valence-electron chi connectivity index (χ1n) is 13.7. The van der Waals surface area contributed by atoms with Gasteiger partial charge in [-0.2, -0.15) is 5.10 Å². The van der Waals surface area contributed by atoms with Gasteiger partial charge in [0.15, 0.2) is 17.3 Å². The molecule has 1 N–H and O–H groups in total. The summed E-state index contributed by atoms with van der Waals surface area (Å²) in [6.45, 7) is 0.0298. The molecule has 7 rings (SSSR count). The molecule has 4 aromatic carbocycles. The zero-order chi connectivity index (χ0) is 29.8. The Kier molecular flexibility index (Phi) is 6.45. The van der Waals surface area contributed by atoms with Crippen molar-refractivity contribution in [2.45, 2.75) is 37.6 Å². The smallest absolute Gasteiger partial charge is 0.489 e. The number of carbonyl (C=O) groups is 1. The highest BCUT2D eigenvalue weighted by molar-refractivity contribution is 6.30. The molecule has 1 aliphatic carbocycles. The van der Waals surface area contributed by atoms with E-state index >= 15 is 0 Å². The van der Waals surface area contributed by atoms with Crippen molar-refractivity contribution in [3.05, 3.63) is 117 Å². The summed E-state index contributed by atoms with van der Waals surface area (Å²) in [5.74, 6) is 0.292. The van der Waals surface area contributed by atoms with E-state index in [1.54, 1.807) is 42.5 Å². The fourth-order valence-electron chi connectivity index (χ4n) is 5.46. The van der Waals surface area contributed by atoms with Gasteiger partial charge in [0.05, 0.1) is 16.5 Å². The van der Waals surface area contributed by atoms with Crippen LogP contribution in [0.15, 0.2) is 95.8 Å². The Morgan fingerprint density at radius 3 is 2.51 bits per heavy atom. The van der Waals surface area contributed by atoms with E-state index in [0.29, 0.717) is 57.8 Å². The molecule has 5 aromatic rings. The van der Waals surface area contributed by atoms with Crippen LogP contribution >= 0.6 is 11.6 Å². The molecule has 0 bridgehead atoms. The van der Waals surface area contributed by atoms with E-state index in [9.17, 15) is 19.1 Å². The van der Waals surface area contributed by atoms with Gasteiger partial charge in [-0.15, -0.1) is 4.39 Å². The van der Waals surface area contributed by atoms with Gasteiger partial charge in [0.25, 0.3) is 5.56 Å². The van der Waals surface area contributed by atoms with E-state index in [1.165, 1.54) is 16.8 Å². The van der Waals surface area contributed by atoms with E-state index in [-0.39, 0.29) is 23.8 Å². The first kappa shape index (κ1) is 27.1. The van der Waals surface area contributed by atoms with E-state index in [1.807, 2.05) is 36.4 Å². The summed E-state index contributed by atoms with van der Waals surface area (Å²) in [4.78, 5) is 27.6. The Morgan fingerprint density at radius 2 is 1.74 bits per heavy atom. The molecule has 8 nitrogen and oxygen atoms in total. The van der Waals surface area contributed by atoms with Gasteiger partial charge in [-0.25, -0.2) is 4.68 Å². The maximum Gasteiger partial charge on any atom is 0.545 e. The Labute approximate surface area is 249 Å². The molecule has 2 aliphatic rings. The molecule has 1 aromatic heterocycles. The highest BCUT2D eigenvalue weighted by Crippen LogP contribution is 2.52. The van der Waals surface area contributed by atoms with Crippen LogP contribution in [-0.2, 0) is 23.4 Å². The molecule has 2 heterocycles. The summed E-state index contributed by atoms with van der Waals surface area (Å²) < 4.78 is 30.5. The fourth-order valence-corrected chi connectivity index (χ4v) is 5.65. The van der Waals surface area contributed by atoms with Gasteiger partial charge in [-0.3, -0.25) is 14.7 Å². The van der Waals surface area contributed by atoms with E-state index in [4.69, 9.17) is 25.8 Å². The zero-order valence-corrected chi connectivity index (χ0v) is 23.4. The van der Waals surface area contributed by atoms with Crippen LogP contribution in [0.1, 0.15) is 24.0 Å². The van der Waals surface area contributed by atoms with Crippen LogP contribution in [0.4, 0.5) is 4.39 Å². The number of aromatic nitrogens is 2. The average Bonchev–Trinajstić information content (AvgIpc) is 3.75. The van der Waals surface area contributed by atoms with E-state index < -0.39 is 17.2 Å². The van der Waals surface area contributed by atoms with Gasteiger partial charge >= 0.3 is 6.23 Å². The minimum Gasteiger partial charge on any atom is -0.489 e. The zero-order valence-electron chi connectivity index (χ0n) is 22.6. The highest BCUT2D eigenvalue weighted by atomic mass is 35.5. The molecule has 1 atom stereocenters. The number of alkyl halides is 1. The standard InChI is InChI=1S/C33H24ClFN2O6/c34-23-8-4-7-21(15-23)30-25-11-10-24(41-19-20-5-2-1-3-6-20)17-26(25)31(39)37(36-30)18-29(38)32(13-14-32)22-9-12-27-28(16-22)43-33(35,40)42-27/h1-12,15-17,40H,13-14,18-19H2. The van der Waals surface area contributed by atoms with Gasteiger partial charge in [0.1, 0.15) is 18.9 Å². The summed E-state index contributed by atoms with van der Waals surface area (Å²) in [6, 6.07) is 26.6. The van der Waals surface area contributed by atoms with Crippen molar-refractivity contribution in [2.75, 3.05) is 0 Å².